The predicted octanol–water partition coefficient (Wildman–Crippen LogP) is 10.5. The van der Waals surface area contributed by atoms with Crippen LogP contribution in [0.5, 0.6) is 0 Å². The first-order valence-corrected chi connectivity index (χ1v) is 16.7. The van der Waals surface area contributed by atoms with Crippen LogP contribution in [0.2, 0.25) is 0 Å². The van der Waals surface area contributed by atoms with Gasteiger partial charge in [-0.1, -0.05) is 127 Å². The molecule has 4 heterocycles. The van der Waals surface area contributed by atoms with Crippen molar-refractivity contribution in [1.82, 2.24) is 29.1 Å². The Morgan fingerprint density at radius 1 is 0.380 bits per heavy atom. The maximum absolute atomic E-state index is 5.08. The number of aromatic nitrogens is 6. The van der Waals surface area contributed by atoms with E-state index in [-0.39, 0.29) is 0 Å². The van der Waals surface area contributed by atoms with Gasteiger partial charge in [-0.3, -0.25) is 4.57 Å². The molecule has 0 unspecified atom stereocenters. The van der Waals surface area contributed by atoms with E-state index in [0.29, 0.717) is 11.5 Å². The highest BCUT2D eigenvalue weighted by Crippen LogP contribution is 2.41. The second kappa shape index (κ2) is 11.4. The van der Waals surface area contributed by atoms with Crippen LogP contribution in [-0.2, 0) is 0 Å². The van der Waals surface area contributed by atoms with E-state index in [1.807, 2.05) is 48.7 Å². The molecule has 0 atom stereocenters. The van der Waals surface area contributed by atoms with E-state index in [0.717, 1.165) is 66.9 Å². The summed E-state index contributed by atoms with van der Waals surface area (Å²) in [6.07, 6.45) is 3.64. The van der Waals surface area contributed by atoms with Crippen molar-refractivity contribution >= 4 is 43.6 Å². The lowest BCUT2D eigenvalue weighted by Crippen LogP contribution is -2.03. The Bertz CT molecular complexity index is 2780. The SMILES string of the molecule is c1ccc(-c2cc(-c3ccccc3)nc(-c3cnc(-n4c5ccccc5c5ccc6c7ccccc7n(-c7ccccc7)c6c54)cn3)n2)cc1. The predicted molar refractivity (Wildman–Crippen MR) is 203 cm³/mol. The third-order valence-electron chi connectivity index (χ3n) is 9.44. The molecule has 0 aliphatic rings. The fraction of sp³-hybridized carbons (Fsp3) is 0. The van der Waals surface area contributed by atoms with Crippen molar-refractivity contribution in [3.63, 3.8) is 0 Å². The summed E-state index contributed by atoms with van der Waals surface area (Å²) in [5.41, 5.74) is 9.84. The fourth-order valence-electron chi connectivity index (χ4n) is 7.21. The Hall–Kier alpha value is -6.92. The van der Waals surface area contributed by atoms with E-state index in [2.05, 4.69) is 124 Å². The molecule has 0 spiro atoms. The number of nitrogens with zero attached hydrogens (tertiary/aromatic N) is 6. The number of hydrogen-bond donors (Lipinski definition) is 0. The molecule has 0 radical (unpaired) electrons. The van der Waals surface area contributed by atoms with Gasteiger partial charge in [-0.05, 0) is 30.3 Å². The van der Waals surface area contributed by atoms with Gasteiger partial charge in [0.05, 0.1) is 45.8 Å². The lowest BCUT2D eigenvalue weighted by molar-refractivity contribution is 1.03. The number of para-hydroxylation sites is 3. The standard InChI is InChI=1S/C44H28N6/c1-4-14-29(15-5-1)36-26-37(30-16-6-2-7-17-30)48-44(47-36)38-27-46-41(28-45-38)50-40-23-13-11-21-33(40)35-25-24-34-32-20-10-12-22-39(32)49(42(34)43(35)50)31-18-8-3-9-19-31/h1-28H. The Labute approximate surface area is 287 Å². The third-order valence-corrected chi connectivity index (χ3v) is 9.44. The van der Waals surface area contributed by atoms with E-state index in [9.17, 15) is 0 Å². The molecule has 0 amide bonds. The first-order chi connectivity index (χ1) is 24.8. The molecular formula is C44H28N6. The number of hydrogen-bond acceptors (Lipinski definition) is 4. The second-order valence-electron chi connectivity index (χ2n) is 12.4. The molecule has 6 heteroatoms. The zero-order valence-corrected chi connectivity index (χ0v) is 26.8. The molecule has 0 N–H and O–H groups in total. The molecule has 4 aromatic heterocycles. The van der Waals surface area contributed by atoms with Crippen LogP contribution in [-0.4, -0.2) is 29.1 Å². The molecule has 234 valence electrons. The maximum atomic E-state index is 5.08. The first-order valence-electron chi connectivity index (χ1n) is 16.7. The van der Waals surface area contributed by atoms with Gasteiger partial charge in [0.15, 0.2) is 11.6 Å². The monoisotopic (exact) mass is 640 g/mol. The zero-order chi connectivity index (χ0) is 33.0. The Kier molecular flexibility index (Phi) is 6.39. The maximum Gasteiger partial charge on any atom is 0.180 e. The van der Waals surface area contributed by atoms with Crippen LogP contribution in [0.25, 0.3) is 89.2 Å². The van der Waals surface area contributed by atoms with Crippen LogP contribution in [0, 0.1) is 0 Å². The molecule has 6 aromatic carbocycles. The summed E-state index contributed by atoms with van der Waals surface area (Å²) in [5.74, 6) is 1.25. The van der Waals surface area contributed by atoms with E-state index < -0.39 is 0 Å². The minimum Gasteiger partial charge on any atom is -0.307 e. The molecule has 0 fully saturated rings. The van der Waals surface area contributed by atoms with Crippen LogP contribution in [0.4, 0.5) is 0 Å². The highest BCUT2D eigenvalue weighted by molar-refractivity contribution is 6.23. The van der Waals surface area contributed by atoms with E-state index in [1.54, 1.807) is 6.20 Å². The Balaban J connectivity index is 1.21. The summed E-state index contributed by atoms with van der Waals surface area (Å²) in [6, 6.07) is 54.6. The molecule has 0 bridgehead atoms. The van der Waals surface area contributed by atoms with Gasteiger partial charge >= 0.3 is 0 Å². The highest BCUT2D eigenvalue weighted by Gasteiger charge is 2.22. The topological polar surface area (TPSA) is 61.4 Å². The quantitative estimate of drug-likeness (QED) is 0.188. The molecule has 0 aliphatic heterocycles. The van der Waals surface area contributed by atoms with Gasteiger partial charge in [-0.15, -0.1) is 0 Å². The van der Waals surface area contributed by atoms with Crippen molar-refractivity contribution in [3.8, 4) is 45.5 Å². The molecule has 0 saturated heterocycles. The van der Waals surface area contributed by atoms with Gasteiger partial charge in [-0.2, -0.15) is 0 Å². The molecule has 10 rings (SSSR count). The fourth-order valence-corrected chi connectivity index (χ4v) is 7.21. The molecular weight excluding hydrogens is 613 g/mol. The van der Waals surface area contributed by atoms with Gasteiger partial charge in [-0.25, -0.2) is 19.9 Å². The lowest BCUT2D eigenvalue weighted by atomic mass is 10.1. The number of fused-ring (bicyclic) bond motifs is 7. The van der Waals surface area contributed by atoms with Gasteiger partial charge < -0.3 is 4.57 Å². The van der Waals surface area contributed by atoms with E-state index in [4.69, 9.17) is 19.9 Å². The highest BCUT2D eigenvalue weighted by atomic mass is 15.1. The molecule has 6 nitrogen and oxygen atoms in total. The average Bonchev–Trinajstić information content (AvgIpc) is 3.72. The van der Waals surface area contributed by atoms with Gasteiger partial charge in [0.25, 0.3) is 0 Å². The Morgan fingerprint density at radius 3 is 1.44 bits per heavy atom. The molecule has 10 aromatic rings. The van der Waals surface area contributed by atoms with E-state index in [1.165, 1.54) is 10.8 Å². The average molecular weight is 641 g/mol. The Morgan fingerprint density at radius 2 is 0.880 bits per heavy atom. The van der Waals surface area contributed by atoms with Gasteiger partial charge in [0.1, 0.15) is 5.69 Å². The summed E-state index contributed by atoms with van der Waals surface area (Å²) in [4.78, 5) is 20.0. The number of benzene rings is 6. The van der Waals surface area contributed by atoms with Crippen molar-refractivity contribution in [1.29, 1.82) is 0 Å². The van der Waals surface area contributed by atoms with Gasteiger partial charge in [0.2, 0.25) is 0 Å². The summed E-state index contributed by atoms with van der Waals surface area (Å²) in [7, 11) is 0. The van der Waals surface area contributed by atoms with Crippen molar-refractivity contribution in [2.45, 2.75) is 0 Å². The van der Waals surface area contributed by atoms with Crippen LogP contribution >= 0.6 is 0 Å². The van der Waals surface area contributed by atoms with Crippen LogP contribution in [0.1, 0.15) is 0 Å². The second-order valence-corrected chi connectivity index (χ2v) is 12.4. The molecule has 50 heavy (non-hydrogen) atoms. The zero-order valence-electron chi connectivity index (χ0n) is 26.8. The summed E-state index contributed by atoms with van der Waals surface area (Å²) in [5, 5.41) is 4.71. The van der Waals surface area contributed by atoms with Crippen molar-refractivity contribution < 1.29 is 0 Å². The minimum absolute atomic E-state index is 0.526. The smallest absolute Gasteiger partial charge is 0.180 e. The largest absolute Gasteiger partial charge is 0.307 e. The summed E-state index contributed by atoms with van der Waals surface area (Å²) >= 11 is 0. The van der Waals surface area contributed by atoms with E-state index >= 15 is 0 Å². The van der Waals surface area contributed by atoms with Crippen molar-refractivity contribution in [2.24, 2.45) is 0 Å². The third kappa shape index (κ3) is 4.43. The lowest BCUT2D eigenvalue weighted by Gasteiger charge is -2.12. The summed E-state index contributed by atoms with van der Waals surface area (Å²) < 4.78 is 4.62. The van der Waals surface area contributed by atoms with Crippen molar-refractivity contribution in [2.75, 3.05) is 0 Å². The van der Waals surface area contributed by atoms with Gasteiger partial charge in [0, 0.05) is 38.4 Å². The van der Waals surface area contributed by atoms with Crippen molar-refractivity contribution in [3.05, 3.63) is 170 Å². The van der Waals surface area contributed by atoms with Crippen LogP contribution in [0.3, 0.4) is 0 Å². The van der Waals surface area contributed by atoms with Crippen LogP contribution in [0.15, 0.2) is 170 Å². The van der Waals surface area contributed by atoms with Crippen LogP contribution < -0.4 is 0 Å². The normalized spacial score (nSPS) is 11.6. The summed E-state index contributed by atoms with van der Waals surface area (Å²) in [6.45, 7) is 0. The first kappa shape index (κ1) is 28.1. The molecule has 0 saturated carbocycles. The number of rotatable bonds is 5. The minimum atomic E-state index is 0.526. The molecule has 0 aliphatic carbocycles.